The predicted molar refractivity (Wildman–Crippen MR) is 152 cm³/mol. The van der Waals surface area contributed by atoms with E-state index in [4.69, 9.17) is 17.0 Å². The van der Waals surface area contributed by atoms with Crippen molar-refractivity contribution in [1.29, 1.82) is 0 Å². The summed E-state index contributed by atoms with van der Waals surface area (Å²) >= 11 is 8.69. The highest BCUT2D eigenvalue weighted by Gasteiger charge is 2.21. The van der Waals surface area contributed by atoms with Crippen molar-refractivity contribution in [2.75, 3.05) is 57.7 Å². The van der Waals surface area contributed by atoms with Crippen molar-refractivity contribution in [2.45, 2.75) is 18.9 Å². The lowest BCUT2D eigenvalue weighted by molar-refractivity contribution is -0.0109. The van der Waals surface area contributed by atoms with Crippen molar-refractivity contribution < 1.29 is 9.84 Å². The molecule has 1 saturated heterocycles. The number of rotatable bonds is 8. The standard InChI is InChI=1S/C25H30BrN7O4S/c26-19-3-5-21(28-17-19)29-24(38)27-8-12-31-15-13-30(14-16-31)9-1-2-10-32-22(35)7-11-33(25(32)36)23-6-4-20(18-34)37-23/h3-7,11,17,20,23,34H,8-10,12-16,18H2,(H2,27,28,29,38). The Morgan fingerprint density at radius 1 is 1.13 bits per heavy atom. The number of halogens is 1. The number of anilines is 1. The highest BCUT2D eigenvalue weighted by molar-refractivity contribution is 9.10. The van der Waals surface area contributed by atoms with Gasteiger partial charge in [0.2, 0.25) is 0 Å². The molecular formula is C25H30BrN7O4S. The van der Waals surface area contributed by atoms with Crippen molar-refractivity contribution >= 4 is 39.1 Å². The number of pyridine rings is 1. The van der Waals surface area contributed by atoms with Crippen LogP contribution in [0.3, 0.4) is 0 Å². The summed E-state index contributed by atoms with van der Waals surface area (Å²) < 4.78 is 8.90. The van der Waals surface area contributed by atoms with Gasteiger partial charge < -0.3 is 20.5 Å². The number of hydrogen-bond acceptors (Lipinski definition) is 8. The number of aliphatic hydroxyl groups is 1. The van der Waals surface area contributed by atoms with Crippen molar-refractivity contribution in [2.24, 2.45) is 0 Å². The van der Waals surface area contributed by atoms with Crippen LogP contribution in [0.4, 0.5) is 5.82 Å². The minimum absolute atomic E-state index is 0.00766. The topological polar surface area (TPSA) is 117 Å². The molecule has 0 spiro atoms. The molecule has 4 rings (SSSR count). The Balaban J connectivity index is 1.17. The number of nitrogens with zero attached hydrogens (tertiary/aromatic N) is 5. The Hall–Kier alpha value is -2.86. The average molecular weight is 605 g/mol. The average Bonchev–Trinajstić information content (AvgIpc) is 3.39. The van der Waals surface area contributed by atoms with Crippen LogP contribution >= 0.6 is 28.1 Å². The molecule has 2 aliphatic rings. The largest absolute Gasteiger partial charge is 0.393 e. The normalized spacial score (nSPS) is 19.6. The molecule has 1 fully saturated rings. The Morgan fingerprint density at radius 2 is 1.89 bits per heavy atom. The molecule has 11 nitrogen and oxygen atoms in total. The van der Waals surface area contributed by atoms with Gasteiger partial charge in [-0.3, -0.25) is 19.2 Å². The van der Waals surface area contributed by atoms with E-state index in [9.17, 15) is 14.7 Å². The number of aromatic nitrogens is 3. The van der Waals surface area contributed by atoms with Crippen LogP contribution in [0.1, 0.15) is 6.23 Å². The second-order valence-electron chi connectivity index (χ2n) is 8.78. The van der Waals surface area contributed by atoms with Gasteiger partial charge in [-0.05, 0) is 46.4 Å². The maximum atomic E-state index is 12.8. The van der Waals surface area contributed by atoms with Crippen molar-refractivity contribution in [3.05, 3.63) is 68.1 Å². The van der Waals surface area contributed by atoms with E-state index in [1.807, 2.05) is 12.1 Å². The van der Waals surface area contributed by atoms with E-state index in [1.165, 1.54) is 16.8 Å². The summed E-state index contributed by atoms with van der Waals surface area (Å²) in [5.41, 5.74) is -0.906. The van der Waals surface area contributed by atoms with Gasteiger partial charge in [0.1, 0.15) is 11.9 Å². The lowest BCUT2D eigenvalue weighted by Crippen LogP contribution is -2.48. The quantitative estimate of drug-likeness (QED) is 0.220. The molecule has 0 amide bonds. The molecular weight excluding hydrogens is 574 g/mol. The van der Waals surface area contributed by atoms with Gasteiger partial charge in [0.05, 0.1) is 19.7 Å². The van der Waals surface area contributed by atoms with Gasteiger partial charge in [0.25, 0.3) is 5.56 Å². The van der Waals surface area contributed by atoms with Crippen LogP contribution in [0.5, 0.6) is 0 Å². The summed E-state index contributed by atoms with van der Waals surface area (Å²) in [6.07, 6.45) is 5.38. The van der Waals surface area contributed by atoms with Crippen molar-refractivity contribution in [1.82, 2.24) is 29.2 Å². The first-order valence-corrected chi connectivity index (χ1v) is 13.5. The Morgan fingerprint density at radius 3 is 2.61 bits per heavy atom. The minimum atomic E-state index is -0.652. The van der Waals surface area contributed by atoms with Gasteiger partial charge in [-0.25, -0.2) is 14.3 Å². The summed E-state index contributed by atoms with van der Waals surface area (Å²) in [7, 11) is 0. The zero-order valence-corrected chi connectivity index (χ0v) is 23.2. The van der Waals surface area contributed by atoms with E-state index in [2.05, 4.69) is 53.2 Å². The third kappa shape index (κ3) is 7.83. The Labute approximate surface area is 234 Å². The monoisotopic (exact) mass is 603 g/mol. The Kier molecular flexibility index (Phi) is 10.2. The molecule has 0 aromatic carbocycles. The molecule has 2 aromatic rings. The number of piperazine rings is 1. The molecule has 0 radical (unpaired) electrons. The maximum Gasteiger partial charge on any atom is 0.334 e. The van der Waals surface area contributed by atoms with E-state index in [0.29, 0.717) is 17.5 Å². The summed E-state index contributed by atoms with van der Waals surface area (Å²) in [5.74, 6) is 6.74. The molecule has 202 valence electrons. The molecule has 13 heteroatoms. The molecule has 0 bridgehead atoms. The van der Waals surface area contributed by atoms with Crippen LogP contribution in [0, 0.1) is 11.8 Å². The first-order valence-electron chi connectivity index (χ1n) is 12.3. The highest BCUT2D eigenvalue weighted by atomic mass is 79.9. The van der Waals surface area contributed by atoms with E-state index in [1.54, 1.807) is 18.3 Å². The first kappa shape index (κ1) is 28.2. The molecule has 4 heterocycles. The van der Waals surface area contributed by atoms with E-state index in [0.717, 1.165) is 48.3 Å². The van der Waals surface area contributed by atoms with Crippen LogP contribution in [-0.4, -0.2) is 92.7 Å². The second kappa shape index (κ2) is 13.8. The van der Waals surface area contributed by atoms with E-state index in [-0.39, 0.29) is 13.2 Å². The van der Waals surface area contributed by atoms with Gasteiger partial charge in [-0.2, -0.15) is 0 Å². The third-order valence-corrected chi connectivity index (χ3v) is 6.88. The fourth-order valence-corrected chi connectivity index (χ4v) is 4.47. The number of thiocarbonyl (C=S) groups is 1. The summed E-state index contributed by atoms with van der Waals surface area (Å²) in [4.78, 5) is 33.9. The molecule has 38 heavy (non-hydrogen) atoms. The highest BCUT2D eigenvalue weighted by Crippen LogP contribution is 2.18. The number of aliphatic hydroxyl groups excluding tert-OH is 1. The fraction of sp³-hybridized carbons (Fsp3) is 0.440. The smallest absolute Gasteiger partial charge is 0.334 e. The lowest BCUT2D eigenvalue weighted by atomic mass is 10.3. The molecule has 0 aliphatic carbocycles. The summed E-state index contributed by atoms with van der Waals surface area (Å²) in [5, 5.41) is 16.0. The number of ether oxygens (including phenoxy) is 1. The zero-order valence-electron chi connectivity index (χ0n) is 20.8. The fourth-order valence-electron chi connectivity index (χ4n) is 4.03. The van der Waals surface area contributed by atoms with Crippen LogP contribution in [0.2, 0.25) is 0 Å². The molecule has 3 N–H and O–H groups in total. The molecule has 2 aliphatic heterocycles. The van der Waals surface area contributed by atoms with Crippen LogP contribution in [0.25, 0.3) is 0 Å². The zero-order chi connectivity index (χ0) is 26.9. The first-order chi connectivity index (χ1) is 18.4. The maximum absolute atomic E-state index is 12.8. The van der Waals surface area contributed by atoms with Crippen LogP contribution in [-0.2, 0) is 11.3 Å². The van der Waals surface area contributed by atoms with E-state index >= 15 is 0 Å². The van der Waals surface area contributed by atoms with Gasteiger partial charge >= 0.3 is 5.69 Å². The van der Waals surface area contributed by atoms with Gasteiger partial charge in [-0.15, -0.1) is 0 Å². The van der Waals surface area contributed by atoms with E-state index < -0.39 is 23.6 Å². The third-order valence-electron chi connectivity index (χ3n) is 6.17. The molecule has 2 unspecified atom stereocenters. The minimum Gasteiger partial charge on any atom is -0.393 e. The molecule has 2 atom stereocenters. The van der Waals surface area contributed by atoms with Gasteiger partial charge in [0, 0.05) is 62.2 Å². The lowest BCUT2D eigenvalue weighted by Gasteiger charge is -2.33. The SMILES string of the molecule is O=c1ccn(C2C=CC(CO)O2)c(=O)n1CC#CCN1CCN(CCNC(=S)Nc2ccc(Br)cn2)CC1. The van der Waals surface area contributed by atoms with Crippen LogP contribution in [0.15, 0.2) is 56.8 Å². The second-order valence-corrected chi connectivity index (χ2v) is 10.1. The molecule has 0 saturated carbocycles. The summed E-state index contributed by atoms with van der Waals surface area (Å²) in [6.45, 7) is 5.62. The Bertz CT molecular complexity index is 1310. The van der Waals surface area contributed by atoms with Gasteiger partial charge in [0.15, 0.2) is 11.3 Å². The number of hydrogen-bond donors (Lipinski definition) is 3. The number of nitrogens with one attached hydrogen (secondary N) is 2. The summed E-state index contributed by atoms with van der Waals surface area (Å²) in [6, 6.07) is 5.07. The van der Waals surface area contributed by atoms with Gasteiger partial charge in [-0.1, -0.05) is 17.9 Å². The van der Waals surface area contributed by atoms with Crippen molar-refractivity contribution in [3.8, 4) is 11.8 Å². The van der Waals surface area contributed by atoms with Crippen LogP contribution < -0.4 is 21.9 Å². The van der Waals surface area contributed by atoms with Crippen molar-refractivity contribution in [3.63, 3.8) is 0 Å². The molecule has 2 aromatic heterocycles. The predicted octanol–water partition coefficient (Wildman–Crippen LogP) is 0.221.